The van der Waals surface area contributed by atoms with Crippen molar-refractivity contribution < 1.29 is 14.6 Å². The third kappa shape index (κ3) is 2.09. The highest BCUT2D eigenvalue weighted by molar-refractivity contribution is 5.87. The first-order valence-electron chi connectivity index (χ1n) is 9.57. The van der Waals surface area contributed by atoms with Crippen molar-refractivity contribution in [2.45, 2.75) is 64.9 Å². The second-order valence-electron chi connectivity index (χ2n) is 9.01. The van der Waals surface area contributed by atoms with Crippen LogP contribution in [0, 0.1) is 28.6 Å². The largest absolute Gasteiger partial charge is 0.478 e. The molecule has 0 aliphatic heterocycles. The molecule has 0 bridgehead atoms. The van der Waals surface area contributed by atoms with E-state index in [0.717, 1.165) is 31.1 Å². The summed E-state index contributed by atoms with van der Waals surface area (Å²) in [7, 11) is 1.88. The van der Waals surface area contributed by atoms with E-state index in [1.165, 1.54) is 31.3 Å². The summed E-state index contributed by atoms with van der Waals surface area (Å²) in [4.78, 5) is 11.4. The normalized spacial score (nSPS) is 47.1. The van der Waals surface area contributed by atoms with Gasteiger partial charge in [0.15, 0.2) is 0 Å². The van der Waals surface area contributed by atoms with Gasteiger partial charge in [0.2, 0.25) is 0 Å². The number of carbonyl (C=O) groups is 1. The number of rotatable bonds is 2. The first-order valence-corrected chi connectivity index (χ1v) is 9.57. The van der Waals surface area contributed by atoms with Crippen LogP contribution in [0.25, 0.3) is 0 Å². The molecule has 2 fully saturated rings. The summed E-state index contributed by atoms with van der Waals surface area (Å²) in [5.41, 5.74) is 2.42. The smallest absolute Gasteiger partial charge is 0.331 e. The Kier molecular flexibility index (Phi) is 3.72. The number of carboxylic acids is 1. The molecule has 0 heterocycles. The zero-order valence-corrected chi connectivity index (χ0v) is 15.2. The third-order valence-corrected chi connectivity index (χ3v) is 8.24. The molecule has 3 nitrogen and oxygen atoms in total. The van der Waals surface area contributed by atoms with Gasteiger partial charge < -0.3 is 9.84 Å². The quantitative estimate of drug-likeness (QED) is 0.806. The second-order valence-corrected chi connectivity index (χ2v) is 9.01. The lowest BCUT2D eigenvalue weighted by atomic mass is 9.48. The van der Waals surface area contributed by atoms with Crippen LogP contribution in [0.4, 0.5) is 0 Å². The van der Waals surface area contributed by atoms with Crippen molar-refractivity contribution in [3.63, 3.8) is 0 Å². The van der Waals surface area contributed by atoms with Crippen molar-refractivity contribution in [2.24, 2.45) is 28.6 Å². The van der Waals surface area contributed by atoms with Crippen LogP contribution in [0.1, 0.15) is 58.8 Å². The number of carboxylic acid groups (broad SMARTS) is 1. The summed E-state index contributed by atoms with van der Waals surface area (Å²) < 4.78 is 5.85. The highest BCUT2D eigenvalue weighted by atomic mass is 16.5. The molecule has 4 aliphatic rings. The molecule has 1 unspecified atom stereocenters. The van der Waals surface area contributed by atoms with E-state index < -0.39 is 5.97 Å². The van der Waals surface area contributed by atoms with Crippen LogP contribution in [-0.2, 0) is 9.53 Å². The Morgan fingerprint density at radius 1 is 1.21 bits per heavy atom. The first kappa shape index (κ1) is 16.4. The van der Waals surface area contributed by atoms with E-state index in [2.05, 4.69) is 19.9 Å². The van der Waals surface area contributed by atoms with Crippen LogP contribution in [0.5, 0.6) is 0 Å². The molecule has 0 aromatic heterocycles. The molecule has 4 rings (SSSR count). The van der Waals surface area contributed by atoms with E-state index in [0.29, 0.717) is 23.0 Å². The molecular formula is C21H30O3. The molecule has 4 aliphatic carbocycles. The number of fused-ring (bicyclic) bond motifs is 5. The van der Waals surface area contributed by atoms with Crippen molar-refractivity contribution in [3.8, 4) is 0 Å². The zero-order chi connectivity index (χ0) is 17.1. The number of hydrogen-bond donors (Lipinski definition) is 1. The first-order chi connectivity index (χ1) is 11.4. The van der Waals surface area contributed by atoms with Crippen LogP contribution < -0.4 is 0 Å². The van der Waals surface area contributed by atoms with Gasteiger partial charge in [0, 0.05) is 12.7 Å². The molecular weight excluding hydrogens is 300 g/mol. The third-order valence-electron chi connectivity index (χ3n) is 8.24. The van der Waals surface area contributed by atoms with Gasteiger partial charge in [0.1, 0.15) is 0 Å². The SMILES string of the molecule is COC1CC[C@H]2[C@@H]3CC=C4C=C(C(=O)O)CC[C@]4(C)[C@H]3CC[C@]12C. The maximum atomic E-state index is 11.4. The van der Waals surface area contributed by atoms with Crippen molar-refractivity contribution in [1.29, 1.82) is 0 Å². The molecule has 132 valence electrons. The van der Waals surface area contributed by atoms with Gasteiger partial charge in [-0.25, -0.2) is 4.79 Å². The zero-order valence-electron chi connectivity index (χ0n) is 15.2. The molecule has 0 spiro atoms. The van der Waals surface area contributed by atoms with Crippen LogP contribution >= 0.6 is 0 Å². The van der Waals surface area contributed by atoms with Gasteiger partial charge in [-0.3, -0.25) is 0 Å². The Morgan fingerprint density at radius 3 is 2.71 bits per heavy atom. The van der Waals surface area contributed by atoms with Gasteiger partial charge in [-0.15, -0.1) is 0 Å². The number of ether oxygens (including phenoxy) is 1. The lowest BCUT2D eigenvalue weighted by Crippen LogP contribution is -2.50. The van der Waals surface area contributed by atoms with Crippen LogP contribution in [0.15, 0.2) is 23.3 Å². The predicted molar refractivity (Wildman–Crippen MR) is 93.6 cm³/mol. The molecule has 0 aromatic carbocycles. The van der Waals surface area contributed by atoms with Gasteiger partial charge in [0.05, 0.1) is 6.10 Å². The van der Waals surface area contributed by atoms with E-state index in [1.807, 2.05) is 13.2 Å². The Hall–Kier alpha value is -1.09. The summed E-state index contributed by atoms with van der Waals surface area (Å²) >= 11 is 0. The van der Waals surface area contributed by atoms with Crippen LogP contribution in [-0.4, -0.2) is 24.3 Å². The average Bonchev–Trinajstić information content (AvgIpc) is 2.90. The summed E-state index contributed by atoms with van der Waals surface area (Å²) in [5.74, 6) is 1.48. The molecule has 0 amide bonds. The fourth-order valence-corrected chi connectivity index (χ4v) is 6.83. The minimum Gasteiger partial charge on any atom is -0.478 e. The van der Waals surface area contributed by atoms with Crippen LogP contribution in [0.3, 0.4) is 0 Å². The number of methoxy groups -OCH3 is 1. The van der Waals surface area contributed by atoms with E-state index in [4.69, 9.17) is 4.74 Å². The summed E-state index contributed by atoms with van der Waals surface area (Å²) in [6, 6.07) is 0. The lowest BCUT2D eigenvalue weighted by molar-refractivity contribution is -0.133. The fraction of sp³-hybridized carbons (Fsp3) is 0.762. The fourth-order valence-electron chi connectivity index (χ4n) is 6.83. The molecule has 1 N–H and O–H groups in total. The monoisotopic (exact) mass is 330 g/mol. The minimum absolute atomic E-state index is 0.175. The Morgan fingerprint density at radius 2 is 2.00 bits per heavy atom. The molecule has 2 saturated carbocycles. The Balaban J connectivity index is 1.68. The molecule has 24 heavy (non-hydrogen) atoms. The Bertz CT molecular complexity index is 619. The number of aliphatic carboxylic acids is 1. The van der Waals surface area contributed by atoms with Gasteiger partial charge in [-0.2, -0.15) is 0 Å². The van der Waals surface area contributed by atoms with E-state index in [1.54, 1.807) is 0 Å². The van der Waals surface area contributed by atoms with Gasteiger partial charge in [0.25, 0.3) is 0 Å². The summed E-state index contributed by atoms with van der Waals surface area (Å²) in [5, 5.41) is 9.35. The summed E-state index contributed by atoms with van der Waals surface area (Å²) in [6.07, 6.45) is 12.6. The van der Waals surface area contributed by atoms with Gasteiger partial charge in [-0.05, 0) is 85.2 Å². The maximum absolute atomic E-state index is 11.4. The predicted octanol–water partition coefficient (Wildman–Crippen LogP) is 4.59. The van der Waals surface area contributed by atoms with Crippen molar-refractivity contribution in [1.82, 2.24) is 0 Å². The maximum Gasteiger partial charge on any atom is 0.331 e. The van der Waals surface area contributed by atoms with Gasteiger partial charge in [-0.1, -0.05) is 19.9 Å². The Labute approximate surface area is 145 Å². The van der Waals surface area contributed by atoms with Crippen molar-refractivity contribution in [3.05, 3.63) is 23.3 Å². The molecule has 0 aromatic rings. The second kappa shape index (κ2) is 5.45. The average molecular weight is 330 g/mol. The highest BCUT2D eigenvalue weighted by Crippen LogP contribution is 2.64. The minimum atomic E-state index is -0.741. The summed E-state index contributed by atoms with van der Waals surface area (Å²) in [6.45, 7) is 4.86. The standard InChI is InChI=1S/C21H30O3/c1-20-10-8-13(19(22)23)12-14(20)4-5-15-16-6-7-18(24-3)21(16,2)11-9-17(15)20/h4,12,15-18H,5-11H2,1-3H3,(H,22,23)/t15-,16-,17-,18?,20-,21-/m0/s1. The van der Waals surface area contributed by atoms with E-state index in [-0.39, 0.29) is 5.41 Å². The highest BCUT2D eigenvalue weighted by Gasteiger charge is 2.58. The van der Waals surface area contributed by atoms with Crippen LogP contribution in [0.2, 0.25) is 0 Å². The van der Waals surface area contributed by atoms with E-state index >= 15 is 0 Å². The number of hydrogen-bond acceptors (Lipinski definition) is 2. The molecule has 0 saturated heterocycles. The molecule has 0 radical (unpaired) electrons. The van der Waals surface area contributed by atoms with E-state index in [9.17, 15) is 9.90 Å². The van der Waals surface area contributed by atoms with Gasteiger partial charge >= 0.3 is 5.97 Å². The number of allylic oxidation sites excluding steroid dienone is 3. The molecule has 6 atom stereocenters. The lowest BCUT2D eigenvalue weighted by Gasteiger charge is -2.56. The topological polar surface area (TPSA) is 46.5 Å². The van der Waals surface area contributed by atoms with Crippen molar-refractivity contribution in [2.75, 3.05) is 7.11 Å². The van der Waals surface area contributed by atoms with Crippen molar-refractivity contribution >= 4 is 5.97 Å². The molecule has 3 heteroatoms.